The summed E-state index contributed by atoms with van der Waals surface area (Å²) in [6.45, 7) is 3.47. The van der Waals surface area contributed by atoms with Gasteiger partial charge in [0.15, 0.2) is 0 Å². The summed E-state index contributed by atoms with van der Waals surface area (Å²) in [5, 5.41) is 3.49. The van der Waals surface area contributed by atoms with Gasteiger partial charge in [0.05, 0.1) is 10.6 Å². The number of hydrogen-bond donors (Lipinski definition) is 1. The van der Waals surface area contributed by atoms with Gasteiger partial charge in [0.1, 0.15) is 18.4 Å². The third-order valence-electron chi connectivity index (χ3n) is 6.33. The molecule has 0 spiro atoms. The molecule has 0 aromatic heterocycles. The van der Waals surface area contributed by atoms with Crippen molar-refractivity contribution in [1.82, 2.24) is 10.2 Å². The average Bonchev–Trinajstić information content (AvgIpc) is 2.93. The van der Waals surface area contributed by atoms with Gasteiger partial charge in [-0.15, -0.1) is 0 Å². The lowest BCUT2D eigenvalue weighted by Gasteiger charge is -2.33. The molecule has 0 saturated heterocycles. The van der Waals surface area contributed by atoms with E-state index in [9.17, 15) is 22.4 Å². The van der Waals surface area contributed by atoms with Gasteiger partial charge in [-0.2, -0.15) is 0 Å². The third-order valence-corrected chi connectivity index (χ3v) is 8.83. The standard InChI is InChI=1S/C29H32Cl2FN3O4S/c1-3-5-18-33-29(37)27(4-2)34(19-24-25(30)12-9-13-26(24)31)28(36)20-35(22-10-7-6-8-11-22)40(38,39)23-16-14-21(32)15-17-23/h6-17,27H,3-5,18-20H2,1-2H3,(H,33,37). The zero-order valence-electron chi connectivity index (χ0n) is 22.3. The summed E-state index contributed by atoms with van der Waals surface area (Å²) in [7, 11) is -4.29. The van der Waals surface area contributed by atoms with Crippen LogP contribution < -0.4 is 9.62 Å². The third kappa shape index (κ3) is 7.74. The molecular formula is C29H32Cl2FN3O4S. The second-order valence-electron chi connectivity index (χ2n) is 9.09. The Morgan fingerprint density at radius 2 is 1.55 bits per heavy atom. The van der Waals surface area contributed by atoms with Gasteiger partial charge in [-0.3, -0.25) is 13.9 Å². The van der Waals surface area contributed by atoms with Crippen molar-refractivity contribution in [2.45, 2.75) is 50.6 Å². The summed E-state index contributed by atoms with van der Waals surface area (Å²) < 4.78 is 42.0. The van der Waals surface area contributed by atoms with Crippen molar-refractivity contribution in [3.63, 3.8) is 0 Å². The van der Waals surface area contributed by atoms with E-state index in [0.717, 1.165) is 41.4 Å². The SMILES string of the molecule is CCCCNC(=O)C(CC)N(Cc1c(Cl)cccc1Cl)C(=O)CN(c1ccccc1)S(=O)(=O)c1ccc(F)cc1. The molecule has 1 unspecified atom stereocenters. The lowest BCUT2D eigenvalue weighted by atomic mass is 10.1. The first-order chi connectivity index (χ1) is 19.1. The Morgan fingerprint density at radius 3 is 2.12 bits per heavy atom. The van der Waals surface area contributed by atoms with E-state index in [0.29, 0.717) is 22.2 Å². The quantitative estimate of drug-likeness (QED) is 0.240. The predicted octanol–water partition coefficient (Wildman–Crippen LogP) is 6.05. The van der Waals surface area contributed by atoms with Crippen LogP contribution in [0, 0.1) is 5.82 Å². The summed E-state index contributed by atoms with van der Waals surface area (Å²) in [6.07, 6.45) is 1.91. The van der Waals surface area contributed by atoms with Crippen molar-refractivity contribution in [3.05, 3.63) is 94.2 Å². The van der Waals surface area contributed by atoms with Crippen molar-refractivity contribution in [3.8, 4) is 0 Å². The molecule has 0 aliphatic rings. The molecule has 0 radical (unpaired) electrons. The topological polar surface area (TPSA) is 86.8 Å². The first kappa shape index (κ1) is 31.4. The zero-order valence-corrected chi connectivity index (χ0v) is 24.6. The normalized spacial score (nSPS) is 12.0. The Hall–Kier alpha value is -3.14. The van der Waals surface area contributed by atoms with E-state index in [2.05, 4.69) is 5.32 Å². The summed E-state index contributed by atoms with van der Waals surface area (Å²) in [5.41, 5.74) is 0.669. The van der Waals surface area contributed by atoms with Crippen molar-refractivity contribution < 1.29 is 22.4 Å². The van der Waals surface area contributed by atoms with Crippen molar-refractivity contribution >= 4 is 50.7 Å². The number of sulfonamides is 1. The van der Waals surface area contributed by atoms with Crippen LogP contribution in [-0.2, 0) is 26.2 Å². The maximum atomic E-state index is 14.0. The highest BCUT2D eigenvalue weighted by atomic mass is 35.5. The largest absolute Gasteiger partial charge is 0.354 e. The molecule has 1 atom stereocenters. The monoisotopic (exact) mass is 607 g/mol. The second-order valence-corrected chi connectivity index (χ2v) is 11.8. The van der Waals surface area contributed by atoms with E-state index >= 15 is 0 Å². The molecule has 2 amide bonds. The highest BCUT2D eigenvalue weighted by molar-refractivity contribution is 7.92. The molecule has 0 heterocycles. The fraction of sp³-hybridized carbons (Fsp3) is 0.310. The molecule has 1 N–H and O–H groups in total. The first-order valence-corrected chi connectivity index (χ1v) is 15.1. The van der Waals surface area contributed by atoms with Gasteiger partial charge in [0.2, 0.25) is 11.8 Å². The van der Waals surface area contributed by atoms with Crippen LogP contribution in [-0.4, -0.2) is 44.3 Å². The number of unbranched alkanes of at least 4 members (excludes halogenated alkanes) is 1. The van der Waals surface area contributed by atoms with E-state index in [4.69, 9.17) is 23.2 Å². The van der Waals surface area contributed by atoms with Crippen LogP contribution in [0.1, 0.15) is 38.7 Å². The number of halogens is 3. The van der Waals surface area contributed by atoms with Crippen molar-refractivity contribution in [2.75, 3.05) is 17.4 Å². The molecule has 0 fully saturated rings. The number of carbonyl (C=O) groups is 2. The summed E-state index contributed by atoms with van der Waals surface area (Å²) >= 11 is 12.8. The lowest BCUT2D eigenvalue weighted by molar-refractivity contribution is -0.140. The summed E-state index contributed by atoms with van der Waals surface area (Å²) in [4.78, 5) is 28.4. The fourth-order valence-electron chi connectivity index (χ4n) is 4.14. The van der Waals surface area contributed by atoms with Crippen LogP contribution in [0.3, 0.4) is 0 Å². The van der Waals surface area contributed by atoms with E-state index in [1.165, 1.54) is 4.90 Å². The number of benzene rings is 3. The first-order valence-electron chi connectivity index (χ1n) is 12.9. The Labute approximate surface area is 244 Å². The van der Waals surface area contributed by atoms with Gasteiger partial charge < -0.3 is 10.2 Å². The number of carbonyl (C=O) groups excluding carboxylic acids is 2. The molecule has 214 valence electrons. The molecule has 0 aliphatic carbocycles. The van der Waals surface area contributed by atoms with Gasteiger partial charge in [-0.25, -0.2) is 12.8 Å². The molecule has 0 aliphatic heterocycles. The number of hydrogen-bond acceptors (Lipinski definition) is 4. The Balaban J connectivity index is 2.05. The Kier molecular flexibility index (Phi) is 11.4. The fourth-order valence-corrected chi connectivity index (χ4v) is 6.07. The van der Waals surface area contributed by atoms with Crippen LogP contribution >= 0.6 is 23.2 Å². The minimum atomic E-state index is -4.29. The van der Waals surface area contributed by atoms with Gasteiger partial charge in [-0.1, -0.05) is 67.7 Å². The molecule has 0 bridgehead atoms. The van der Waals surface area contributed by atoms with Crippen LogP contribution in [0.2, 0.25) is 10.0 Å². The molecule has 3 aromatic carbocycles. The van der Waals surface area contributed by atoms with Gasteiger partial charge in [0.25, 0.3) is 10.0 Å². The number of para-hydroxylation sites is 1. The van der Waals surface area contributed by atoms with Crippen molar-refractivity contribution in [1.29, 1.82) is 0 Å². The van der Waals surface area contributed by atoms with Gasteiger partial charge in [-0.05, 0) is 61.4 Å². The Bertz CT molecular complexity index is 1390. The minimum Gasteiger partial charge on any atom is -0.354 e. The van der Waals surface area contributed by atoms with Crippen molar-refractivity contribution in [2.24, 2.45) is 0 Å². The van der Waals surface area contributed by atoms with E-state index in [1.807, 2.05) is 6.92 Å². The maximum absolute atomic E-state index is 14.0. The van der Waals surface area contributed by atoms with E-state index in [-0.39, 0.29) is 29.5 Å². The minimum absolute atomic E-state index is 0.115. The number of amides is 2. The molecule has 11 heteroatoms. The van der Waals surface area contributed by atoms with Crippen LogP contribution in [0.15, 0.2) is 77.7 Å². The maximum Gasteiger partial charge on any atom is 0.264 e. The van der Waals surface area contributed by atoms with Gasteiger partial charge in [0, 0.05) is 28.7 Å². The number of anilines is 1. The van der Waals surface area contributed by atoms with Crippen LogP contribution in [0.4, 0.5) is 10.1 Å². The second kappa shape index (κ2) is 14.5. The number of nitrogens with one attached hydrogen (secondary N) is 1. The van der Waals surface area contributed by atoms with Crippen LogP contribution in [0.25, 0.3) is 0 Å². The van der Waals surface area contributed by atoms with E-state index in [1.54, 1.807) is 55.5 Å². The average molecular weight is 609 g/mol. The molecule has 3 rings (SSSR count). The zero-order chi connectivity index (χ0) is 29.3. The number of rotatable bonds is 13. The predicted molar refractivity (Wildman–Crippen MR) is 156 cm³/mol. The Morgan fingerprint density at radius 1 is 0.925 bits per heavy atom. The molecule has 0 saturated carbocycles. The summed E-state index contributed by atoms with van der Waals surface area (Å²) in [5.74, 6) is -1.59. The molecule has 40 heavy (non-hydrogen) atoms. The molecular weight excluding hydrogens is 576 g/mol. The molecule has 7 nitrogen and oxygen atoms in total. The highest BCUT2D eigenvalue weighted by Crippen LogP contribution is 2.28. The lowest BCUT2D eigenvalue weighted by Crippen LogP contribution is -2.52. The van der Waals surface area contributed by atoms with Gasteiger partial charge >= 0.3 is 0 Å². The van der Waals surface area contributed by atoms with E-state index < -0.39 is 34.3 Å². The number of nitrogens with zero attached hydrogens (tertiary/aromatic N) is 2. The highest BCUT2D eigenvalue weighted by Gasteiger charge is 2.34. The summed E-state index contributed by atoms with van der Waals surface area (Å²) in [6, 6.07) is 16.5. The smallest absolute Gasteiger partial charge is 0.264 e. The molecule has 3 aromatic rings. The van der Waals surface area contributed by atoms with Crippen LogP contribution in [0.5, 0.6) is 0 Å².